The van der Waals surface area contributed by atoms with E-state index in [9.17, 15) is 0 Å². The lowest BCUT2D eigenvalue weighted by Crippen LogP contribution is -2.46. The zero-order valence-electron chi connectivity index (χ0n) is 16.9. The standard InChI is InChI=1S/C22H28N6O/c1-15-21(25-13-23-15)16-2-7-20-19(12-16)22(26-14-24-20)27-17-3-5-18(6-4-17)28-8-10-29-11-9-28/h2,7,12-14,17-18H,3-6,8-11H2,1H3,(H,23,25)(H,24,26,27). The first kappa shape index (κ1) is 18.5. The van der Waals surface area contributed by atoms with Gasteiger partial charge in [-0.25, -0.2) is 15.0 Å². The Bertz CT molecular complexity index is 972. The molecule has 0 bridgehead atoms. The van der Waals surface area contributed by atoms with Crippen LogP contribution in [0, 0.1) is 6.92 Å². The number of hydrogen-bond acceptors (Lipinski definition) is 6. The van der Waals surface area contributed by atoms with Gasteiger partial charge in [0.1, 0.15) is 12.1 Å². The highest BCUT2D eigenvalue weighted by Gasteiger charge is 2.27. The summed E-state index contributed by atoms with van der Waals surface area (Å²) in [5.41, 5.74) is 4.12. The van der Waals surface area contributed by atoms with E-state index in [1.54, 1.807) is 12.7 Å². The van der Waals surface area contributed by atoms with Gasteiger partial charge in [-0.1, -0.05) is 6.07 Å². The quantitative estimate of drug-likeness (QED) is 0.709. The third-order valence-electron chi connectivity index (χ3n) is 6.35. The van der Waals surface area contributed by atoms with E-state index in [0.29, 0.717) is 12.1 Å². The minimum Gasteiger partial charge on any atom is -0.379 e. The van der Waals surface area contributed by atoms with Gasteiger partial charge in [-0.2, -0.15) is 0 Å². The van der Waals surface area contributed by atoms with E-state index in [-0.39, 0.29) is 0 Å². The molecular weight excluding hydrogens is 364 g/mol. The summed E-state index contributed by atoms with van der Waals surface area (Å²) in [5.74, 6) is 0.934. The number of rotatable bonds is 4. The number of anilines is 1. The molecule has 1 aliphatic carbocycles. The molecule has 29 heavy (non-hydrogen) atoms. The molecule has 2 fully saturated rings. The third kappa shape index (κ3) is 3.84. The molecule has 2 aromatic heterocycles. The largest absolute Gasteiger partial charge is 0.379 e. The molecule has 5 rings (SSSR count). The molecule has 152 valence electrons. The van der Waals surface area contributed by atoms with Crippen molar-refractivity contribution in [2.45, 2.75) is 44.7 Å². The molecule has 0 spiro atoms. The van der Waals surface area contributed by atoms with E-state index >= 15 is 0 Å². The number of hydrogen-bond donors (Lipinski definition) is 2. The van der Waals surface area contributed by atoms with E-state index < -0.39 is 0 Å². The molecule has 0 unspecified atom stereocenters. The smallest absolute Gasteiger partial charge is 0.137 e. The molecule has 2 aliphatic rings. The first-order valence-electron chi connectivity index (χ1n) is 10.6. The molecule has 2 N–H and O–H groups in total. The summed E-state index contributed by atoms with van der Waals surface area (Å²) < 4.78 is 5.50. The fourth-order valence-corrected chi connectivity index (χ4v) is 4.70. The molecule has 0 radical (unpaired) electrons. The molecule has 0 amide bonds. The Morgan fingerprint density at radius 3 is 2.66 bits per heavy atom. The summed E-state index contributed by atoms with van der Waals surface area (Å²) >= 11 is 0. The van der Waals surface area contributed by atoms with Crippen molar-refractivity contribution in [3.63, 3.8) is 0 Å². The van der Waals surface area contributed by atoms with Crippen LogP contribution in [0.3, 0.4) is 0 Å². The van der Waals surface area contributed by atoms with Gasteiger partial charge in [0.05, 0.1) is 36.4 Å². The van der Waals surface area contributed by atoms with Gasteiger partial charge in [0.15, 0.2) is 0 Å². The van der Waals surface area contributed by atoms with Crippen LogP contribution in [0.1, 0.15) is 31.4 Å². The van der Waals surface area contributed by atoms with Crippen molar-refractivity contribution >= 4 is 16.7 Å². The van der Waals surface area contributed by atoms with Gasteiger partial charge >= 0.3 is 0 Å². The van der Waals surface area contributed by atoms with Crippen LogP contribution in [-0.4, -0.2) is 63.2 Å². The highest BCUT2D eigenvalue weighted by molar-refractivity contribution is 5.92. The Kier molecular flexibility index (Phi) is 5.16. The number of fused-ring (bicyclic) bond motifs is 1. The number of H-pyrrole nitrogens is 1. The Balaban J connectivity index is 1.32. The predicted octanol–water partition coefficient (Wildman–Crippen LogP) is 3.38. The highest BCUT2D eigenvalue weighted by atomic mass is 16.5. The Morgan fingerprint density at radius 2 is 1.90 bits per heavy atom. The number of aromatic amines is 1. The number of aromatic nitrogens is 4. The molecule has 1 aliphatic heterocycles. The van der Waals surface area contributed by atoms with Gasteiger partial charge < -0.3 is 15.0 Å². The van der Waals surface area contributed by atoms with E-state index in [4.69, 9.17) is 4.74 Å². The van der Waals surface area contributed by atoms with Crippen LogP contribution in [0.15, 0.2) is 30.9 Å². The van der Waals surface area contributed by atoms with Gasteiger partial charge in [-0.3, -0.25) is 4.90 Å². The fraction of sp³-hybridized carbons (Fsp3) is 0.500. The Hall–Kier alpha value is -2.51. The van der Waals surface area contributed by atoms with Crippen molar-refractivity contribution in [1.82, 2.24) is 24.8 Å². The summed E-state index contributed by atoms with van der Waals surface area (Å²) in [7, 11) is 0. The Labute approximate surface area is 170 Å². The van der Waals surface area contributed by atoms with Crippen molar-refractivity contribution in [3.8, 4) is 11.3 Å². The maximum absolute atomic E-state index is 5.50. The van der Waals surface area contributed by atoms with Crippen LogP contribution < -0.4 is 5.32 Å². The van der Waals surface area contributed by atoms with Gasteiger partial charge in [0.2, 0.25) is 0 Å². The molecule has 1 saturated carbocycles. The molecule has 1 saturated heterocycles. The van der Waals surface area contributed by atoms with Crippen LogP contribution in [0.25, 0.3) is 22.2 Å². The van der Waals surface area contributed by atoms with E-state index in [2.05, 4.69) is 48.4 Å². The number of morpholine rings is 1. The molecule has 3 aromatic rings. The molecule has 7 heteroatoms. The predicted molar refractivity (Wildman–Crippen MR) is 114 cm³/mol. The first-order valence-corrected chi connectivity index (χ1v) is 10.6. The zero-order valence-corrected chi connectivity index (χ0v) is 16.9. The van der Waals surface area contributed by atoms with Gasteiger partial charge in [0.25, 0.3) is 0 Å². The number of ether oxygens (including phenoxy) is 1. The molecule has 0 atom stereocenters. The molecule has 7 nitrogen and oxygen atoms in total. The van der Waals surface area contributed by atoms with Crippen molar-refractivity contribution in [1.29, 1.82) is 0 Å². The third-order valence-corrected chi connectivity index (χ3v) is 6.35. The van der Waals surface area contributed by atoms with Crippen molar-refractivity contribution in [2.24, 2.45) is 0 Å². The molecule has 1 aromatic carbocycles. The summed E-state index contributed by atoms with van der Waals surface area (Å²) in [6, 6.07) is 7.48. The second-order valence-corrected chi connectivity index (χ2v) is 8.12. The first-order chi connectivity index (χ1) is 14.3. The van der Waals surface area contributed by atoms with Crippen LogP contribution in [-0.2, 0) is 4.74 Å². The van der Waals surface area contributed by atoms with Crippen LogP contribution in [0.5, 0.6) is 0 Å². The van der Waals surface area contributed by atoms with Crippen molar-refractivity contribution in [3.05, 3.63) is 36.5 Å². The van der Waals surface area contributed by atoms with Crippen LogP contribution in [0.4, 0.5) is 5.82 Å². The topological polar surface area (TPSA) is 79.0 Å². The van der Waals surface area contributed by atoms with Crippen LogP contribution in [0.2, 0.25) is 0 Å². The average Bonchev–Trinajstić information content (AvgIpc) is 3.21. The van der Waals surface area contributed by atoms with Crippen molar-refractivity contribution < 1.29 is 4.74 Å². The summed E-state index contributed by atoms with van der Waals surface area (Å²) in [5, 5.41) is 4.78. The Morgan fingerprint density at radius 1 is 1.07 bits per heavy atom. The summed E-state index contributed by atoms with van der Waals surface area (Å²) in [6.45, 7) is 5.93. The molecule has 3 heterocycles. The number of aryl methyl sites for hydroxylation is 1. The maximum atomic E-state index is 5.50. The number of nitrogens with zero attached hydrogens (tertiary/aromatic N) is 4. The minimum atomic E-state index is 0.461. The van der Waals surface area contributed by atoms with Crippen LogP contribution >= 0.6 is 0 Å². The van der Waals surface area contributed by atoms with Gasteiger partial charge in [0, 0.05) is 36.1 Å². The highest BCUT2D eigenvalue weighted by Crippen LogP contribution is 2.30. The summed E-state index contributed by atoms with van der Waals surface area (Å²) in [6.07, 6.45) is 8.21. The second-order valence-electron chi connectivity index (χ2n) is 8.12. The lowest BCUT2D eigenvalue weighted by Gasteiger charge is -2.39. The van der Waals surface area contributed by atoms with Gasteiger partial charge in [-0.15, -0.1) is 0 Å². The second kappa shape index (κ2) is 8.08. The SMILES string of the molecule is Cc1nc[nH]c1-c1ccc2ncnc(NC3CCC(N4CCOCC4)CC3)c2c1. The summed E-state index contributed by atoms with van der Waals surface area (Å²) in [4.78, 5) is 19.2. The molecular formula is C22H28N6O. The van der Waals surface area contributed by atoms with E-state index in [1.165, 1.54) is 25.7 Å². The number of benzene rings is 1. The zero-order chi connectivity index (χ0) is 19.6. The maximum Gasteiger partial charge on any atom is 0.137 e. The number of imidazole rings is 1. The average molecular weight is 393 g/mol. The fourth-order valence-electron chi connectivity index (χ4n) is 4.70. The normalized spacial score (nSPS) is 23.3. The minimum absolute atomic E-state index is 0.461. The van der Waals surface area contributed by atoms with E-state index in [0.717, 1.165) is 60.0 Å². The lowest BCUT2D eigenvalue weighted by molar-refractivity contribution is 0.00791. The van der Waals surface area contributed by atoms with Crippen molar-refractivity contribution in [2.75, 3.05) is 31.6 Å². The monoisotopic (exact) mass is 392 g/mol. The van der Waals surface area contributed by atoms with Gasteiger partial charge in [-0.05, 0) is 44.7 Å². The lowest BCUT2D eigenvalue weighted by atomic mass is 9.90. The number of nitrogens with one attached hydrogen (secondary N) is 2. The van der Waals surface area contributed by atoms with E-state index in [1.807, 2.05) is 6.92 Å².